The molecule has 3 fully saturated rings. The summed E-state index contributed by atoms with van der Waals surface area (Å²) >= 11 is 0. The second-order valence-electron chi connectivity index (χ2n) is 8.02. The molecule has 4 rings (SSSR count). The third-order valence-corrected chi connectivity index (χ3v) is 6.21. The van der Waals surface area contributed by atoms with Crippen molar-refractivity contribution in [2.75, 3.05) is 32.7 Å². The molecule has 4 heterocycles. The topological polar surface area (TPSA) is 83.1 Å². The highest BCUT2D eigenvalue weighted by atomic mass is 16.5. The van der Waals surface area contributed by atoms with Gasteiger partial charge < -0.3 is 9.64 Å². The Bertz CT molecular complexity index is 724. The molecule has 156 valence electrons. The molecule has 3 aliphatic heterocycles. The van der Waals surface area contributed by atoms with E-state index >= 15 is 0 Å². The van der Waals surface area contributed by atoms with Gasteiger partial charge in [-0.2, -0.15) is 0 Å². The van der Waals surface area contributed by atoms with Gasteiger partial charge in [0.2, 0.25) is 17.7 Å². The first-order chi connectivity index (χ1) is 14.1. The molecule has 0 bridgehead atoms. The quantitative estimate of drug-likeness (QED) is 0.688. The Morgan fingerprint density at radius 2 is 1.59 bits per heavy atom. The van der Waals surface area contributed by atoms with Crippen molar-refractivity contribution in [3.8, 4) is 5.75 Å². The first kappa shape index (κ1) is 19.8. The van der Waals surface area contributed by atoms with Crippen LogP contribution in [-0.4, -0.2) is 82.3 Å². The van der Waals surface area contributed by atoms with Crippen molar-refractivity contribution in [3.63, 3.8) is 0 Å². The summed E-state index contributed by atoms with van der Waals surface area (Å²) in [5, 5.41) is 0. The van der Waals surface area contributed by atoms with Gasteiger partial charge in [0.25, 0.3) is 0 Å². The van der Waals surface area contributed by atoms with Crippen LogP contribution < -0.4 is 4.74 Å². The van der Waals surface area contributed by atoms with Crippen LogP contribution in [0.2, 0.25) is 0 Å². The number of amides is 3. The summed E-state index contributed by atoms with van der Waals surface area (Å²) < 4.78 is 6.04. The van der Waals surface area contributed by atoms with E-state index in [1.807, 2.05) is 12.1 Å². The molecule has 8 heteroatoms. The van der Waals surface area contributed by atoms with Crippen molar-refractivity contribution in [1.29, 1.82) is 0 Å². The number of imide groups is 1. The Kier molecular flexibility index (Phi) is 6.08. The van der Waals surface area contributed by atoms with Gasteiger partial charge in [0, 0.05) is 57.5 Å². The Morgan fingerprint density at radius 3 is 2.21 bits per heavy atom. The van der Waals surface area contributed by atoms with Crippen LogP contribution in [0.4, 0.5) is 0 Å². The molecule has 0 aliphatic carbocycles. The third kappa shape index (κ3) is 4.75. The second-order valence-corrected chi connectivity index (χ2v) is 8.02. The van der Waals surface area contributed by atoms with E-state index in [2.05, 4.69) is 9.88 Å². The molecule has 3 saturated heterocycles. The first-order valence-electron chi connectivity index (χ1n) is 10.5. The fraction of sp³-hybridized carbons (Fsp3) is 0.619. The number of hydrogen-bond donors (Lipinski definition) is 0. The highest BCUT2D eigenvalue weighted by Gasteiger charge is 2.34. The van der Waals surface area contributed by atoms with E-state index in [0.717, 1.165) is 49.4 Å². The van der Waals surface area contributed by atoms with Gasteiger partial charge in [-0.3, -0.25) is 29.2 Å². The lowest BCUT2D eigenvalue weighted by Gasteiger charge is -2.41. The lowest BCUT2D eigenvalue weighted by molar-refractivity contribution is -0.146. The average molecular weight is 400 g/mol. The third-order valence-electron chi connectivity index (χ3n) is 6.21. The first-order valence-corrected chi connectivity index (χ1v) is 10.5. The number of aromatic nitrogens is 1. The molecule has 1 aromatic heterocycles. The summed E-state index contributed by atoms with van der Waals surface area (Å²) in [6.45, 7) is 3.29. The SMILES string of the molecule is O=C(CN1C(=O)CCC1=O)N1CCC(N2CCC(Oc3ccncc3)CC2)CC1. The van der Waals surface area contributed by atoms with Gasteiger partial charge in [0.05, 0.1) is 0 Å². The zero-order valence-corrected chi connectivity index (χ0v) is 16.7. The molecular formula is C21H28N4O4. The largest absolute Gasteiger partial charge is 0.490 e. The van der Waals surface area contributed by atoms with Gasteiger partial charge in [0.1, 0.15) is 18.4 Å². The van der Waals surface area contributed by atoms with Crippen molar-refractivity contribution >= 4 is 17.7 Å². The predicted octanol–water partition coefficient (Wildman–Crippen LogP) is 1.06. The van der Waals surface area contributed by atoms with Gasteiger partial charge in [-0.1, -0.05) is 0 Å². The number of nitrogens with zero attached hydrogens (tertiary/aromatic N) is 4. The van der Waals surface area contributed by atoms with Crippen LogP contribution in [0.5, 0.6) is 5.75 Å². The lowest BCUT2D eigenvalue weighted by Crippen LogP contribution is -2.51. The predicted molar refractivity (Wildman–Crippen MR) is 105 cm³/mol. The molecule has 0 radical (unpaired) electrons. The molecule has 0 unspecified atom stereocenters. The van der Waals surface area contributed by atoms with Gasteiger partial charge in [-0.05, 0) is 37.8 Å². The summed E-state index contributed by atoms with van der Waals surface area (Å²) in [5.41, 5.74) is 0. The molecule has 1 aromatic rings. The number of likely N-dealkylation sites (tertiary alicyclic amines) is 3. The molecule has 0 atom stereocenters. The Balaban J connectivity index is 1.20. The standard InChI is InChI=1S/C21H28N4O4/c26-19-1-2-20(27)25(19)15-21(28)24-11-5-16(6-12-24)23-13-7-18(8-14-23)29-17-3-9-22-10-4-17/h3-4,9-10,16,18H,1-2,5-8,11-15H2. The Hall–Kier alpha value is -2.48. The zero-order chi connectivity index (χ0) is 20.2. The highest BCUT2D eigenvalue weighted by molar-refractivity contribution is 6.04. The Labute approximate surface area is 170 Å². The summed E-state index contributed by atoms with van der Waals surface area (Å²) in [7, 11) is 0. The van der Waals surface area contributed by atoms with Crippen LogP contribution in [0.1, 0.15) is 38.5 Å². The number of carbonyl (C=O) groups excluding carboxylic acids is 3. The van der Waals surface area contributed by atoms with Crippen LogP contribution in [0.25, 0.3) is 0 Å². The zero-order valence-electron chi connectivity index (χ0n) is 16.7. The fourth-order valence-corrected chi connectivity index (χ4v) is 4.48. The number of piperidine rings is 2. The van der Waals surface area contributed by atoms with Crippen molar-refractivity contribution < 1.29 is 19.1 Å². The van der Waals surface area contributed by atoms with Crippen LogP contribution in [-0.2, 0) is 14.4 Å². The van der Waals surface area contributed by atoms with Crippen LogP contribution in [0.15, 0.2) is 24.5 Å². The van der Waals surface area contributed by atoms with Crippen LogP contribution >= 0.6 is 0 Å². The summed E-state index contributed by atoms with van der Waals surface area (Å²) in [4.78, 5) is 45.4. The molecule has 0 aromatic carbocycles. The van der Waals surface area contributed by atoms with E-state index in [1.54, 1.807) is 17.3 Å². The van der Waals surface area contributed by atoms with Crippen molar-refractivity contribution in [3.05, 3.63) is 24.5 Å². The van der Waals surface area contributed by atoms with Gasteiger partial charge in [-0.15, -0.1) is 0 Å². The normalized spacial score (nSPS) is 22.3. The molecule has 29 heavy (non-hydrogen) atoms. The molecule has 3 amide bonds. The van der Waals surface area contributed by atoms with Gasteiger partial charge in [-0.25, -0.2) is 0 Å². The van der Waals surface area contributed by atoms with E-state index in [1.165, 1.54) is 0 Å². The van der Waals surface area contributed by atoms with Crippen molar-refractivity contribution in [2.24, 2.45) is 0 Å². The minimum absolute atomic E-state index is 0.0972. The van der Waals surface area contributed by atoms with Crippen molar-refractivity contribution in [1.82, 2.24) is 19.7 Å². The fourth-order valence-electron chi connectivity index (χ4n) is 4.48. The van der Waals surface area contributed by atoms with E-state index in [9.17, 15) is 14.4 Å². The molecule has 0 spiro atoms. The average Bonchev–Trinajstić information content (AvgIpc) is 3.07. The minimum atomic E-state index is -0.227. The summed E-state index contributed by atoms with van der Waals surface area (Å²) in [6, 6.07) is 4.26. The van der Waals surface area contributed by atoms with E-state index in [-0.39, 0.29) is 43.2 Å². The maximum Gasteiger partial charge on any atom is 0.242 e. The number of ether oxygens (including phenoxy) is 1. The number of rotatable bonds is 5. The van der Waals surface area contributed by atoms with Crippen LogP contribution in [0, 0.1) is 0 Å². The summed E-state index contributed by atoms with van der Waals surface area (Å²) in [5.74, 6) is 0.307. The Morgan fingerprint density at radius 1 is 0.966 bits per heavy atom. The maximum atomic E-state index is 12.5. The van der Waals surface area contributed by atoms with E-state index < -0.39 is 0 Å². The van der Waals surface area contributed by atoms with Gasteiger partial charge in [0.15, 0.2) is 0 Å². The number of pyridine rings is 1. The molecule has 0 N–H and O–H groups in total. The lowest BCUT2D eigenvalue weighted by atomic mass is 9.98. The number of carbonyl (C=O) groups is 3. The van der Waals surface area contributed by atoms with E-state index in [4.69, 9.17) is 4.74 Å². The van der Waals surface area contributed by atoms with E-state index in [0.29, 0.717) is 19.1 Å². The maximum absolute atomic E-state index is 12.5. The second kappa shape index (κ2) is 8.90. The minimum Gasteiger partial charge on any atom is -0.490 e. The molecular weight excluding hydrogens is 372 g/mol. The smallest absolute Gasteiger partial charge is 0.242 e. The van der Waals surface area contributed by atoms with Crippen LogP contribution in [0.3, 0.4) is 0 Å². The molecule has 8 nitrogen and oxygen atoms in total. The monoisotopic (exact) mass is 400 g/mol. The molecule has 0 saturated carbocycles. The summed E-state index contributed by atoms with van der Waals surface area (Å²) in [6.07, 6.45) is 8.06. The highest BCUT2D eigenvalue weighted by Crippen LogP contribution is 2.24. The van der Waals surface area contributed by atoms with Gasteiger partial charge >= 0.3 is 0 Å². The molecule has 3 aliphatic rings. The van der Waals surface area contributed by atoms with Crippen molar-refractivity contribution in [2.45, 2.75) is 50.7 Å². The number of hydrogen-bond acceptors (Lipinski definition) is 6.